The van der Waals surface area contributed by atoms with Crippen LogP contribution in [-0.4, -0.2) is 16.0 Å². The van der Waals surface area contributed by atoms with Gasteiger partial charge in [-0.25, -0.2) is 4.52 Å². The number of fused-ring (bicyclic) bond motifs is 3. The molecule has 4 nitrogen and oxygen atoms in total. The van der Waals surface area contributed by atoms with E-state index in [0.717, 1.165) is 11.1 Å². The summed E-state index contributed by atoms with van der Waals surface area (Å²) in [6.07, 6.45) is -2.66. The van der Waals surface area contributed by atoms with Crippen molar-refractivity contribution in [1.29, 1.82) is 0 Å². The van der Waals surface area contributed by atoms with Gasteiger partial charge in [-0.1, -0.05) is 33.6 Å². The largest absolute Gasteiger partial charge is 0.573 e. The molecule has 4 rings (SSSR count). The van der Waals surface area contributed by atoms with Crippen LogP contribution in [0.25, 0.3) is 5.52 Å². The van der Waals surface area contributed by atoms with E-state index in [4.69, 9.17) is 17.3 Å². The van der Waals surface area contributed by atoms with Gasteiger partial charge >= 0.3 is 6.36 Å². The zero-order valence-corrected chi connectivity index (χ0v) is 15.4. The number of hydrogen-bond acceptors (Lipinski definition) is 3. The van der Waals surface area contributed by atoms with E-state index in [0.29, 0.717) is 27.2 Å². The summed E-state index contributed by atoms with van der Waals surface area (Å²) >= 11 is 9.46. The van der Waals surface area contributed by atoms with Gasteiger partial charge in [-0.3, -0.25) is 0 Å². The van der Waals surface area contributed by atoms with E-state index < -0.39 is 12.3 Å². The molecule has 9 heteroatoms. The third kappa shape index (κ3) is 2.95. The second-order valence-electron chi connectivity index (χ2n) is 6.07. The molecule has 2 N–H and O–H groups in total. The number of alkyl halides is 3. The highest BCUT2D eigenvalue weighted by Crippen LogP contribution is 2.50. The van der Waals surface area contributed by atoms with Gasteiger partial charge in [0, 0.05) is 32.7 Å². The first-order valence-electron chi connectivity index (χ1n) is 7.72. The van der Waals surface area contributed by atoms with Gasteiger partial charge < -0.3 is 10.5 Å². The number of nitrogens with zero attached hydrogens (tertiary/aromatic N) is 2. The summed E-state index contributed by atoms with van der Waals surface area (Å²) in [4.78, 5) is 0. The van der Waals surface area contributed by atoms with E-state index in [1.807, 2.05) is 0 Å². The van der Waals surface area contributed by atoms with E-state index in [9.17, 15) is 13.2 Å². The summed E-state index contributed by atoms with van der Waals surface area (Å²) in [5, 5.41) is 4.99. The minimum Gasteiger partial charge on any atom is -0.405 e. The molecule has 136 valence electrons. The van der Waals surface area contributed by atoms with Crippen LogP contribution in [0.3, 0.4) is 0 Å². The minimum absolute atomic E-state index is 0.252. The van der Waals surface area contributed by atoms with Crippen LogP contribution in [0.15, 0.2) is 41.0 Å². The van der Waals surface area contributed by atoms with Gasteiger partial charge in [-0.2, -0.15) is 5.10 Å². The van der Waals surface area contributed by atoms with Crippen LogP contribution in [0, 0.1) is 0 Å². The molecule has 0 bridgehead atoms. The van der Waals surface area contributed by atoms with Crippen molar-refractivity contribution in [2.24, 2.45) is 5.73 Å². The molecule has 1 aliphatic carbocycles. The fourth-order valence-electron chi connectivity index (χ4n) is 3.50. The number of aromatic nitrogens is 2. The molecule has 1 aliphatic rings. The van der Waals surface area contributed by atoms with Crippen molar-refractivity contribution in [2.75, 3.05) is 0 Å². The van der Waals surface area contributed by atoms with Crippen LogP contribution >= 0.6 is 27.5 Å². The first-order valence-corrected chi connectivity index (χ1v) is 8.89. The Labute approximate surface area is 159 Å². The van der Waals surface area contributed by atoms with Gasteiger partial charge in [0.1, 0.15) is 5.75 Å². The van der Waals surface area contributed by atoms with E-state index in [2.05, 4.69) is 25.8 Å². The fourth-order valence-corrected chi connectivity index (χ4v) is 4.29. The van der Waals surface area contributed by atoms with Gasteiger partial charge in [0.05, 0.1) is 17.3 Å². The first kappa shape index (κ1) is 17.6. The monoisotopic (exact) mass is 445 g/mol. The predicted octanol–water partition coefficient (Wildman–Crippen LogP) is 5.18. The Morgan fingerprint density at radius 2 is 2.04 bits per heavy atom. The van der Waals surface area contributed by atoms with Crippen molar-refractivity contribution in [3.8, 4) is 5.75 Å². The number of rotatable bonds is 2. The van der Waals surface area contributed by atoms with Crippen molar-refractivity contribution in [3.63, 3.8) is 0 Å². The number of halogens is 5. The van der Waals surface area contributed by atoms with Gasteiger partial charge in [0.15, 0.2) is 0 Å². The summed E-state index contributed by atoms with van der Waals surface area (Å²) in [6, 6.07) is 7.51. The molecule has 1 aromatic carbocycles. The Balaban J connectivity index is 1.92. The van der Waals surface area contributed by atoms with Gasteiger partial charge in [0.2, 0.25) is 0 Å². The average Bonchev–Trinajstić information content (AvgIpc) is 3.04. The highest BCUT2D eigenvalue weighted by Gasteiger charge is 2.39. The number of benzene rings is 1. The Morgan fingerprint density at radius 1 is 1.27 bits per heavy atom. The lowest BCUT2D eigenvalue weighted by Gasteiger charge is -2.20. The quantitative estimate of drug-likeness (QED) is 0.590. The smallest absolute Gasteiger partial charge is 0.405 e. The molecule has 3 aromatic rings. The molecule has 0 unspecified atom stereocenters. The third-order valence-electron chi connectivity index (χ3n) is 4.44. The molecule has 0 radical (unpaired) electrons. The van der Waals surface area contributed by atoms with E-state index in [1.165, 1.54) is 12.1 Å². The highest BCUT2D eigenvalue weighted by atomic mass is 79.9. The van der Waals surface area contributed by atoms with Crippen molar-refractivity contribution in [2.45, 2.75) is 24.7 Å². The van der Waals surface area contributed by atoms with Crippen molar-refractivity contribution in [3.05, 3.63) is 62.8 Å². The Hall–Kier alpha value is -1.77. The molecular formula is C17H12BrClF3N3O. The molecule has 0 amide bonds. The standard InChI is InChI=1S/C17H12BrClF3N3O/c18-10-2-1-3-13(26-17(20,21)22)14(10)9-7-11(23)16-15(9)12-6-8(19)4-5-25(12)24-16/h1-6,9,11H,7,23H2/t9-,11-/m1/s1. The lowest BCUT2D eigenvalue weighted by Crippen LogP contribution is -2.19. The Kier molecular flexibility index (Phi) is 4.17. The molecular weight excluding hydrogens is 435 g/mol. The van der Waals surface area contributed by atoms with Crippen LogP contribution in [-0.2, 0) is 0 Å². The Morgan fingerprint density at radius 3 is 2.77 bits per heavy atom. The predicted molar refractivity (Wildman–Crippen MR) is 94.4 cm³/mol. The van der Waals surface area contributed by atoms with Crippen molar-refractivity contribution < 1.29 is 17.9 Å². The summed E-state index contributed by atoms with van der Waals surface area (Å²) in [7, 11) is 0. The lowest BCUT2D eigenvalue weighted by molar-refractivity contribution is -0.275. The first-order chi connectivity index (χ1) is 12.2. The molecule has 2 heterocycles. The van der Waals surface area contributed by atoms with Crippen LogP contribution in [0.1, 0.15) is 35.2 Å². The number of ether oxygens (including phenoxy) is 1. The summed E-state index contributed by atoms with van der Waals surface area (Å²) in [6.45, 7) is 0. The Bertz CT molecular complexity index is 1000. The number of hydrogen-bond donors (Lipinski definition) is 1. The van der Waals surface area contributed by atoms with Crippen LogP contribution in [0.4, 0.5) is 13.2 Å². The second-order valence-corrected chi connectivity index (χ2v) is 7.36. The van der Waals surface area contributed by atoms with E-state index in [-0.39, 0.29) is 11.8 Å². The number of pyridine rings is 1. The maximum Gasteiger partial charge on any atom is 0.573 e. The highest BCUT2D eigenvalue weighted by molar-refractivity contribution is 9.10. The maximum atomic E-state index is 12.9. The molecule has 0 saturated heterocycles. The summed E-state index contributed by atoms with van der Waals surface area (Å²) < 4.78 is 45.0. The maximum absolute atomic E-state index is 12.9. The number of nitrogens with two attached hydrogens (primary N) is 1. The van der Waals surface area contributed by atoms with Crippen LogP contribution < -0.4 is 10.5 Å². The lowest BCUT2D eigenvalue weighted by atomic mass is 9.92. The van der Waals surface area contributed by atoms with Gasteiger partial charge in [-0.05, 0) is 30.7 Å². The van der Waals surface area contributed by atoms with Crippen molar-refractivity contribution >= 4 is 33.0 Å². The summed E-state index contributed by atoms with van der Waals surface area (Å²) in [5.41, 5.74) is 8.77. The molecule has 0 aliphatic heterocycles. The molecule has 26 heavy (non-hydrogen) atoms. The normalized spacial score (nSPS) is 19.8. The zero-order valence-electron chi connectivity index (χ0n) is 13.1. The SMILES string of the molecule is N[C@@H]1C[C@H](c2c(Br)cccc2OC(F)(F)F)c2c1nn1ccc(Cl)cc21. The van der Waals surface area contributed by atoms with Gasteiger partial charge in [0.25, 0.3) is 0 Å². The average molecular weight is 447 g/mol. The topological polar surface area (TPSA) is 52.5 Å². The van der Waals surface area contributed by atoms with Gasteiger partial charge in [-0.15, -0.1) is 13.2 Å². The third-order valence-corrected chi connectivity index (χ3v) is 5.37. The molecule has 2 aromatic heterocycles. The van der Waals surface area contributed by atoms with Crippen molar-refractivity contribution in [1.82, 2.24) is 9.61 Å². The molecule has 2 atom stereocenters. The van der Waals surface area contributed by atoms with E-state index >= 15 is 0 Å². The van der Waals surface area contributed by atoms with E-state index in [1.54, 1.807) is 28.9 Å². The second kappa shape index (κ2) is 6.14. The molecule has 0 saturated carbocycles. The summed E-state index contributed by atoms with van der Waals surface area (Å²) in [5.74, 6) is -0.651. The minimum atomic E-state index is -4.79. The zero-order chi connectivity index (χ0) is 18.6. The van der Waals surface area contributed by atoms with Crippen LogP contribution in [0.5, 0.6) is 5.75 Å². The molecule has 0 spiro atoms. The van der Waals surface area contributed by atoms with Crippen LogP contribution in [0.2, 0.25) is 5.02 Å². The fraction of sp³-hybridized carbons (Fsp3) is 0.235. The molecule has 0 fully saturated rings.